The Kier molecular flexibility index (Phi) is 4.81. The molecule has 5 heteroatoms. The summed E-state index contributed by atoms with van der Waals surface area (Å²) in [7, 11) is 0. The van der Waals surface area contributed by atoms with E-state index in [1.165, 1.54) is 0 Å². The summed E-state index contributed by atoms with van der Waals surface area (Å²) in [4.78, 5) is 16.9. The summed E-state index contributed by atoms with van der Waals surface area (Å²) in [6.45, 7) is 11.2. The number of rotatable bonds is 7. The molecule has 0 spiro atoms. The molecule has 3 N–H and O–H groups in total. The first kappa shape index (κ1) is 14.8. The predicted octanol–water partition coefficient (Wildman–Crippen LogP) is -0.132. The van der Waals surface area contributed by atoms with E-state index in [-0.39, 0.29) is 5.91 Å². The molecule has 2 fully saturated rings. The number of piperazine rings is 1. The van der Waals surface area contributed by atoms with Crippen molar-refractivity contribution in [3.8, 4) is 0 Å². The molecule has 2 aliphatic rings. The normalized spacial score (nSPS) is 25.2. The van der Waals surface area contributed by atoms with Crippen LogP contribution in [0.2, 0.25) is 0 Å². The van der Waals surface area contributed by atoms with Crippen LogP contribution in [0.5, 0.6) is 0 Å². The molecule has 1 aliphatic heterocycles. The fraction of sp³-hybridized carbons (Fsp3) is 0.929. The molecule has 1 atom stereocenters. The van der Waals surface area contributed by atoms with E-state index in [1.54, 1.807) is 0 Å². The van der Waals surface area contributed by atoms with Gasteiger partial charge in [0.15, 0.2) is 0 Å². The highest BCUT2D eigenvalue weighted by atomic mass is 16.1. The lowest BCUT2D eigenvalue weighted by Crippen LogP contribution is -2.64. The van der Waals surface area contributed by atoms with Crippen molar-refractivity contribution in [2.45, 2.75) is 32.2 Å². The Morgan fingerprint density at radius 1 is 1.21 bits per heavy atom. The van der Waals surface area contributed by atoms with E-state index in [0.717, 1.165) is 58.7 Å². The molecule has 1 heterocycles. The number of carbonyl (C=O) groups is 1. The standard InChI is InChI=1S/C14H28N4O/c1-3-16-14(13(15)19,12-5-6-12)11-18-9-7-17(4-2)8-10-18/h12,16H,3-11H2,1-2H3,(H2,15,19). The summed E-state index contributed by atoms with van der Waals surface area (Å²) < 4.78 is 0. The summed E-state index contributed by atoms with van der Waals surface area (Å²) in [5.41, 5.74) is 5.23. The van der Waals surface area contributed by atoms with Gasteiger partial charge in [0.25, 0.3) is 0 Å². The van der Waals surface area contributed by atoms with Gasteiger partial charge in [-0.3, -0.25) is 9.69 Å². The maximum atomic E-state index is 12.0. The van der Waals surface area contributed by atoms with Crippen molar-refractivity contribution in [1.29, 1.82) is 0 Å². The van der Waals surface area contributed by atoms with Gasteiger partial charge in [-0.2, -0.15) is 0 Å². The van der Waals surface area contributed by atoms with Gasteiger partial charge in [0.05, 0.1) is 0 Å². The third-order valence-electron chi connectivity index (χ3n) is 4.59. The lowest BCUT2D eigenvalue weighted by atomic mass is 9.91. The molecular weight excluding hydrogens is 240 g/mol. The van der Waals surface area contributed by atoms with Crippen molar-refractivity contribution in [3.63, 3.8) is 0 Å². The van der Waals surface area contributed by atoms with Gasteiger partial charge in [-0.1, -0.05) is 13.8 Å². The van der Waals surface area contributed by atoms with Crippen molar-refractivity contribution >= 4 is 5.91 Å². The predicted molar refractivity (Wildman–Crippen MR) is 76.9 cm³/mol. The van der Waals surface area contributed by atoms with Crippen LogP contribution in [0.1, 0.15) is 26.7 Å². The molecule has 0 aromatic carbocycles. The minimum atomic E-state index is -0.497. The Morgan fingerprint density at radius 3 is 2.21 bits per heavy atom. The van der Waals surface area contributed by atoms with E-state index in [9.17, 15) is 4.79 Å². The van der Waals surface area contributed by atoms with Crippen LogP contribution < -0.4 is 11.1 Å². The summed E-state index contributed by atoms with van der Waals surface area (Å²) in [6, 6.07) is 0. The topological polar surface area (TPSA) is 61.6 Å². The number of amides is 1. The third kappa shape index (κ3) is 3.27. The van der Waals surface area contributed by atoms with Crippen molar-refractivity contribution in [1.82, 2.24) is 15.1 Å². The van der Waals surface area contributed by atoms with Crippen LogP contribution in [-0.4, -0.2) is 67.1 Å². The molecule has 0 aromatic heterocycles. The van der Waals surface area contributed by atoms with E-state index >= 15 is 0 Å². The second kappa shape index (κ2) is 6.20. The van der Waals surface area contributed by atoms with E-state index in [0.29, 0.717) is 5.92 Å². The zero-order valence-corrected chi connectivity index (χ0v) is 12.3. The largest absolute Gasteiger partial charge is 0.368 e. The Labute approximate surface area is 116 Å². The van der Waals surface area contributed by atoms with Crippen LogP contribution >= 0.6 is 0 Å². The first-order chi connectivity index (χ1) is 9.12. The molecule has 1 aliphatic carbocycles. The molecule has 1 amide bonds. The fourth-order valence-corrected chi connectivity index (χ4v) is 3.20. The summed E-state index contributed by atoms with van der Waals surface area (Å²) in [5, 5.41) is 3.40. The van der Waals surface area contributed by atoms with Crippen LogP contribution in [0.15, 0.2) is 0 Å². The van der Waals surface area contributed by atoms with Crippen molar-refractivity contribution in [2.24, 2.45) is 11.7 Å². The number of carbonyl (C=O) groups excluding carboxylic acids is 1. The van der Waals surface area contributed by atoms with Gasteiger partial charge >= 0.3 is 0 Å². The monoisotopic (exact) mass is 268 g/mol. The molecule has 0 bridgehead atoms. The van der Waals surface area contributed by atoms with Crippen LogP contribution in [0.4, 0.5) is 0 Å². The van der Waals surface area contributed by atoms with Gasteiger partial charge in [0.2, 0.25) is 5.91 Å². The summed E-state index contributed by atoms with van der Waals surface area (Å²) >= 11 is 0. The summed E-state index contributed by atoms with van der Waals surface area (Å²) in [6.07, 6.45) is 2.26. The van der Waals surface area contributed by atoms with Gasteiger partial charge in [-0.15, -0.1) is 0 Å². The molecule has 1 unspecified atom stereocenters. The maximum Gasteiger partial charge on any atom is 0.239 e. The van der Waals surface area contributed by atoms with Crippen LogP contribution in [0, 0.1) is 5.92 Å². The second-order valence-corrected chi connectivity index (χ2v) is 5.85. The Morgan fingerprint density at radius 2 is 1.79 bits per heavy atom. The number of nitrogens with two attached hydrogens (primary N) is 1. The summed E-state index contributed by atoms with van der Waals surface area (Å²) in [5.74, 6) is 0.268. The number of nitrogens with zero attached hydrogens (tertiary/aromatic N) is 2. The Bertz CT molecular complexity index is 311. The van der Waals surface area contributed by atoms with Gasteiger partial charge in [0, 0.05) is 32.7 Å². The number of hydrogen-bond donors (Lipinski definition) is 2. The fourth-order valence-electron chi connectivity index (χ4n) is 3.20. The number of nitrogens with one attached hydrogen (secondary N) is 1. The van der Waals surface area contributed by atoms with E-state index in [1.807, 2.05) is 0 Å². The highest BCUT2D eigenvalue weighted by molar-refractivity contribution is 5.86. The zero-order chi connectivity index (χ0) is 13.9. The lowest BCUT2D eigenvalue weighted by Gasteiger charge is -2.41. The smallest absolute Gasteiger partial charge is 0.239 e. The number of likely N-dealkylation sites (N-methyl/N-ethyl adjacent to an activating group) is 2. The molecule has 0 radical (unpaired) electrons. The average Bonchev–Trinajstić information content (AvgIpc) is 3.23. The highest BCUT2D eigenvalue weighted by Gasteiger charge is 2.50. The zero-order valence-electron chi connectivity index (χ0n) is 12.3. The minimum Gasteiger partial charge on any atom is -0.368 e. The molecule has 19 heavy (non-hydrogen) atoms. The van der Waals surface area contributed by atoms with E-state index < -0.39 is 5.54 Å². The third-order valence-corrected chi connectivity index (χ3v) is 4.59. The molecular formula is C14H28N4O. The number of hydrogen-bond acceptors (Lipinski definition) is 4. The van der Waals surface area contributed by atoms with Crippen LogP contribution in [-0.2, 0) is 4.79 Å². The van der Waals surface area contributed by atoms with Crippen molar-refractivity contribution in [2.75, 3.05) is 45.8 Å². The molecule has 5 nitrogen and oxygen atoms in total. The Balaban J connectivity index is 1.98. The number of primary amides is 1. The molecule has 2 rings (SSSR count). The molecule has 1 saturated heterocycles. The lowest BCUT2D eigenvalue weighted by molar-refractivity contribution is -0.126. The average molecular weight is 268 g/mol. The highest BCUT2D eigenvalue weighted by Crippen LogP contribution is 2.40. The van der Waals surface area contributed by atoms with Crippen LogP contribution in [0.25, 0.3) is 0 Å². The molecule has 110 valence electrons. The molecule has 1 saturated carbocycles. The van der Waals surface area contributed by atoms with Crippen LogP contribution in [0.3, 0.4) is 0 Å². The van der Waals surface area contributed by atoms with Gasteiger partial charge in [-0.05, 0) is 31.8 Å². The SMILES string of the molecule is CCNC(CN1CCN(CC)CC1)(C(N)=O)C1CC1. The quantitative estimate of drug-likeness (QED) is 0.675. The maximum absolute atomic E-state index is 12.0. The van der Waals surface area contributed by atoms with Gasteiger partial charge in [0.1, 0.15) is 5.54 Å². The van der Waals surface area contributed by atoms with Gasteiger partial charge in [-0.25, -0.2) is 0 Å². The minimum absolute atomic E-state index is 0.172. The first-order valence-electron chi connectivity index (χ1n) is 7.62. The van der Waals surface area contributed by atoms with E-state index in [4.69, 9.17) is 5.73 Å². The van der Waals surface area contributed by atoms with E-state index in [2.05, 4.69) is 29.0 Å². The molecule has 0 aromatic rings. The second-order valence-electron chi connectivity index (χ2n) is 5.85. The van der Waals surface area contributed by atoms with Crippen molar-refractivity contribution < 1.29 is 4.79 Å². The van der Waals surface area contributed by atoms with Crippen molar-refractivity contribution in [3.05, 3.63) is 0 Å². The van der Waals surface area contributed by atoms with Gasteiger partial charge < -0.3 is 16.0 Å². The Hall–Kier alpha value is -0.650. The first-order valence-corrected chi connectivity index (χ1v) is 7.62.